The van der Waals surface area contributed by atoms with Crippen LogP contribution in [-0.4, -0.2) is 63.3 Å². The number of benzene rings is 2. The Kier molecular flexibility index (Phi) is 18.2. The summed E-state index contributed by atoms with van der Waals surface area (Å²) in [5.74, 6) is -0.637. The van der Waals surface area contributed by atoms with E-state index < -0.39 is 23.3 Å². The molecule has 0 aliphatic heterocycles. The Balaban J connectivity index is 0.000000307. The number of rotatable bonds is 12. The van der Waals surface area contributed by atoms with Crippen molar-refractivity contribution >= 4 is 29.6 Å². The molecule has 53 heavy (non-hydrogen) atoms. The highest BCUT2D eigenvalue weighted by molar-refractivity contribution is 5.83. The van der Waals surface area contributed by atoms with Gasteiger partial charge in [0.15, 0.2) is 0 Å². The van der Waals surface area contributed by atoms with Crippen LogP contribution in [0.15, 0.2) is 97.6 Å². The topological polar surface area (TPSA) is 183 Å². The number of aromatic nitrogens is 2. The smallest absolute Gasteiger partial charge is 0.407 e. The molecule has 2 heterocycles. The Labute approximate surface area is 312 Å². The number of ether oxygens (including phenoxy) is 2. The standard InChI is InChI=1S/C21H26N2O3.C13H20N2O2.C7H7NO2/c1-21(2,3)26-20(25)23-13-10-16-4-6-17(7-5-16)14-19(24)15-18-8-11-22-12-9-18;1-13(2,3)17-12(16)15-9-8-10-4-6-11(14)7-5-10;9-7(10)5-6-1-3-8-4-2-6/h4-9,11-12H,10,13-15H2,1-3H3,(H,23,25);4-7H,8-9,14H2,1-3H3,(H,15,16);1-4H,5H2,(H,9,10). The molecular formula is C41H53N5O7. The number of nitrogen functional groups attached to an aromatic ring is 1. The van der Waals surface area contributed by atoms with Gasteiger partial charge in [0.1, 0.15) is 17.0 Å². The predicted molar refractivity (Wildman–Crippen MR) is 205 cm³/mol. The first-order valence-corrected chi connectivity index (χ1v) is 17.3. The van der Waals surface area contributed by atoms with Crippen molar-refractivity contribution in [2.45, 2.75) is 84.8 Å². The highest BCUT2D eigenvalue weighted by atomic mass is 16.6. The molecule has 2 aromatic carbocycles. The van der Waals surface area contributed by atoms with Crippen LogP contribution in [0, 0.1) is 0 Å². The van der Waals surface area contributed by atoms with Crippen LogP contribution >= 0.6 is 0 Å². The summed E-state index contributed by atoms with van der Waals surface area (Å²) in [6, 6.07) is 22.6. The average Bonchev–Trinajstić information content (AvgIpc) is 3.06. The lowest BCUT2D eigenvalue weighted by Crippen LogP contribution is -2.33. The van der Waals surface area contributed by atoms with E-state index in [1.807, 2.05) is 102 Å². The van der Waals surface area contributed by atoms with E-state index in [0.29, 0.717) is 32.4 Å². The van der Waals surface area contributed by atoms with Gasteiger partial charge in [-0.15, -0.1) is 0 Å². The van der Waals surface area contributed by atoms with Gasteiger partial charge in [0.05, 0.1) is 6.42 Å². The maximum Gasteiger partial charge on any atom is 0.407 e. The lowest BCUT2D eigenvalue weighted by atomic mass is 10.0. The molecule has 0 fully saturated rings. The van der Waals surface area contributed by atoms with E-state index in [4.69, 9.17) is 20.3 Å². The fourth-order valence-electron chi connectivity index (χ4n) is 4.45. The zero-order valence-electron chi connectivity index (χ0n) is 31.6. The Bertz CT molecular complexity index is 1690. The van der Waals surface area contributed by atoms with E-state index in [2.05, 4.69) is 20.6 Å². The first-order chi connectivity index (χ1) is 25.0. The zero-order valence-corrected chi connectivity index (χ0v) is 31.6. The summed E-state index contributed by atoms with van der Waals surface area (Å²) >= 11 is 0. The zero-order chi connectivity index (χ0) is 39.3. The van der Waals surface area contributed by atoms with E-state index in [9.17, 15) is 19.2 Å². The maximum absolute atomic E-state index is 12.1. The molecule has 2 amide bonds. The van der Waals surface area contributed by atoms with E-state index in [0.717, 1.165) is 39.9 Å². The van der Waals surface area contributed by atoms with E-state index >= 15 is 0 Å². The summed E-state index contributed by atoms with van der Waals surface area (Å²) in [6.45, 7) is 12.1. The number of nitrogens with one attached hydrogen (secondary N) is 2. The minimum Gasteiger partial charge on any atom is -0.481 e. The highest BCUT2D eigenvalue weighted by Gasteiger charge is 2.16. The predicted octanol–water partition coefficient (Wildman–Crippen LogP) is 6.55. The van der Waals surface area contributed by atoms with Crippen LogP contribution < -0.4 is 16.4 Å². The first kappa shape index (κ1) is 43.4. The summed E-state index contributed by atoms with van der Waals surface area (Å²) in [5.41, 5.74) is 10.4. The minimum absolute atomic E-state index is 0.0719. The molecule has 0 unspecified atom stereocenters. The number of ketones is 1. The van der Waals surface area contributed by atoms with Crippen LogP contribution in [0.5, 0.6) is 0 Å². The van der Waals surface area contributed by atoms with Gasteiger partial charge in [0, 0.05) is 56.4 Å². The summed E-state index contributed by atoms with van der Waals surface area (Å²) in [5, 5.41) is 13.8. The summed E-state index contributed by atoms with van der Waals surface area (Å²) < 4.78 is 10.3. The van der Waals surface area contributed by atoms with Gasteiger partial charge >= 0.3 is 18.2 Å². The van der Waals surface area contributed by atoms with Gasteiger partial charge in [0.25, 0.3) is 0 Å². The fourth-order valence-corrected chi connectivity index (χ4v) is 4.45. The number of anilines is 1. The third kappa shape index (κ3) is 21.9. The fraction of sp³-hybridized carbons (Fsp3) is 0.366. The summed E-state index contributed by atoms with van der Waals surface area (Å²) in [6.07, 6.45) is 8.15. The maximum atomic E-state index is 12.1. The van der Waals surface area contributed by atoms with Crippen molar-refractivity contribution in [3.05, 3.63) is 125 Å². The van der Waals surface area contributed by atoms with Crippen LogP contribution in [0.4, 0.5) is 15.3 Å². The number of hydrogen-bond acceptors (Lipinski definition) is 9. The molecule has 0 saturated heterocycles. The lowest BCUT2D eigenvalue weighted by Gasteiger charge is -2.19. The molecule has 0 bridgehead atoms. The molecule has 0 aliphatic rings. The Hall–Kier alpha value is -5.78. The summed E-state index contributed by atoms with van der Waals surface area (Å²) in [4.78, 5) is 53.0. The van der Waals surface area contributed by atoms with E-state index in [1.165, 1.54) is 0 Å². The van der Waals surface area contributed by atoms with Crippen LogP contribution in [-0.2, 0) is 51.2 Å². The number of nitrogens with two attached hydrogens (primary N) is 1. The van der Waals surface area contributed by atoms with Gasteiger partial charge in [-0.2, -0.15) is 0 Å². The molecule has 12 heteroatoms. The Morgan fingerprint density at radius 3 is 1.28 bits per heavy atom. The number of amides is 2. The van der Waals surface area contributed by atoms with Gasteiger partial charge in [-0.3, -0.25) is 19.6 Å². The molecule has 284 valence electrons. The summed E-state index contributed by atoms with van der Waals surface area (Å²) in [7, 11) is 0. The van der Waals surface area contributed by atoms with Gasteiger partial charge in [-0.1, -0.05) is 36.4 Å². The first-order valence-electron chi connectivity index (χ1n) is 17.3. The van der Waals surface area contributed by atoms with Crippen LogP contribution in [0.2, 0.25) is 0 Å². The average molecular weight is 728 g/mol. The van der Waals surface area contributed by atoms with Gasteiger partial charge in [-0.05, 0) is 119 Å². The normalized spacial score (nSPS) is 10.7. The molecular weight excluding hydrogens is 674 g/mol. The number of carboxylic acids is 1. The molecule has 0 saturated carbocycles. The van der Waals surface area contributed by atoms with Crippen molar-refractivity contribution in [2.75, 3.05) is 18.8 Å². The number of hydrogen-bond donors (Lipinski definition) is 4. The second-order valence-corrected chi connectivity index (χ2v) is 14.1. The molecule has 0 atom stereocenters. The molecule has 0 aliphatic carbocycles. The quantitative estimate of drug-likeness (QED) is 0.117. The minimum atomic E-state index is -0.814. The van der Waals surface area contributed by atoms with Crippen LogP contribution in [0.25, 0.3) is 0 Å². The Morgan fingerprint density at radius 1 is 0.566 bits per heavy atom. The Morgan fingerprint density at radius 2 is 0.906 bits per heavy atom. The van der Waals surface area contributed by atoms with Crippen molar-refractivity contribution in [3.8, 4) is 0 Å². The number of aliphatic carboxylic acids is 1. The number of carbonyl (C=O) groups is 4. The largest absolute Gasteiger partial charge is 0.481 e. The van der Waals surface area contributed by atoms with Gasteiger partial charge in [-0.25, -0.2) is 9.59 Å². The van der Waals surface area contributed by atoms with Crippen molar-refractivity contribution in [1.29, 1.82) is 0 Å². The number of carbonyl (C=O) groups excluding carboxylic acids is 3. The van der Waals surface area contributed by atoms with Crippen molar-refractivity contribution in [3.63, 3.8) is 0 Å². The molecule has 0 spiro atoms. The van der Waals surface area contributed by atoms with Crippen molar-refractivity contribution in [2.24, 2.45) is 0 Å². The lowest BCUT2D eigenvalue weighted by molar-refractivity contribution is -0.136. The molecule has 4 aromatic rings. The van der Waals surface area contributed by atoms with Gasteiger partial charge in [0.2, 0.25) is 0 Å². The number of Topliss-reactive ketones (excluding diaryl/α,β-unsaturated/α-hetero) is 1. The van der Waals surface area contributed by atoms with Gasteiger partial charge < -0.3 is 30.9 Å². The second-order valence-electron chi connectivity index (χ2n) is 14.1. The van der Waals surface area contributed by atoms with Crippen molar-refractivity contribution in [1.82, 2.24) is 20.6 Å². The van der Waals surface area contributed by atoms with Crippen LogP contribution in [0.3, 0.4) is 0 Å². The third-order valence-electron chi connectivity index (χ3n) is 6.82. The monoisotopic (exact) mass is 727 g/mol. The molecule has 5 N–H and O–H groups in total. The van der Waals surface area contributed by atoms with Crippen molar-refractivity contribution < 1.29 is 33.8 Å². The second kappa shape index (κ2) is 22.2. The third-order valence-corrected chi connectivity index (χ3v) is 6.82. The number of pyridine rings is 2. The number of alkyl carbamates (subject to hydrolysis) is 2. The molecule has 12 nitrogen and oxygen atoms in total. The molecule has 2 aromatic heterocycles. The number of carboxylic acid groups (broad SMARTS) is 1. The SMILES string of the molecule is CC(C)(C)OC(=O)NCCc1ccc(CC(=O)Cc2ccncc2)cc1.CC(C)(C)OC(=O)NCCc1ccc(N)cc1.O=C(O)Cc1ccncc1. The van der Waals surface area contributed by atoms with E-state index in [-0.39, 0.29) is 18.3 Å². The van der Waals surface area contributed by atoms with Crippen LogP contribution in [0.1, 0.15) is 69.4 Å². The molecule has 4 rings (SSSR count). The van der Waals surface area contributed by atoms with E-state index in [1.54, 1.807) is 36.9 Å². The molecule has 0 radical (unpaired) electrons. The number of nitrogens with zero attached hydrogens (tertiary/aromatic N) is 2. The highest BCUT2D eigenvalue weighted by Crippen LogP contribution is 2.10.